The molecular weight excluding hydrogens is 364 g/mol. The Morgan fingerprint density at radius 2 is 1.13 bits per heavy atom. The molecule has 0 aliphatic heterocycles. The molecule has 0 aliphatic carbocycles. The Morgan fingerprint density at radius 1 is 0.700 bits per heavy atom. The van der Waals surface area contributed by atoms with Crippen LogP contribution in [-0.4, -0.2) is 5.11 Å². The average Bonchev–Trinajstić information content (AvgIpc) is 2.70. The summed E-state index contributed by atoms with van der Waals surface area (Å²) in [5.41, 5.74) is 9.23. The topological polar surface area (TPSA) is 20.2 Å². The van der Waals surface area contributed by atoms with E-state index in [1.807, 2.05) is 26.0 Å². The molecule has 0 aromatic heterocycles. The molecule has 1 N–H and O–H groups in total. The van der Waals surface area contributed by atoms with Gasteiger partial charge in [0.1, 0.15) is 0 Å². The van der Waals surface area contributed by atoms with Gasteiger partial charge in [-0.3, -0.25) is 0 Å². The van der Waals surface area contributed by atoms with Crippen molar-refractivity contribution in [3.8, 4) is 22.3 Å². The number of rotatable bonds is 4. The summed E-state index contributed by atoms with van der Waals surface area (Å²) in [6.45, 7) is 16.8. The summed E-state index contributed by atoms with van der Waals surface area (Å²) in [6, 6.07) is 21.5. The first-order valence-electron chi connectivity index (χ1n) is 11.1. The van der Waals surface area contributed by atoms with Crippen molar-refractivity contribution < 1.29 is 5.11 Å². The van der Waals surface area contributed by atoms with Crippen LogP contribution in [0.4, 0.5) is 0 Å². The van der Waals surface area contributed by atoms with Crippen LogP contribution < -0.4 is 0 Å². The third kappa shape index (κ3) is 5.61. The molecule has 0 saturated carbocycles. The number of hydrogen-bond acceptors (Lipinski definition) is 1. The van der Waals surface area contributed by atoms with Crippen LogP contribution in [0.3, 0.4) is 0 Å². The normalized spacial score (nSPS) is 11.3. The highest BCUT2D eigenvalue weighted by molar-refractivity contribution is 5.73. The lowest BCUT2D eigenvalue weighted by Crippen LogP contribution is -2.14. The maximum absolute atomic E-state index is 10.1. The highest BCUT2D eigenvalue weighted by atomic mass is 16.3. The fraction of sp³-hybridized carbons (Fsp3) is 0.379. The molecule has 0 fully saturated rings. The zero-order valence-electron chi connectivity index (χ0n) is 20.0. The maximum Gasteiger partial charge on any atom is 0.0840 e. The summed E-state index contributed by atoms with van der Waals surface area (Å²) in [6.07, 6.45) is 1.25. The Balaban J connectivity index is 0.00000101. The van der Waals surface area contributed by atoms with Gasteiger partial charge in [-0.05, 0) is 78.1 Å². The van der Waals surface area contributed by atoms with Crippen molar-refractivity contribution in [3.63, 3.8) is 0 Å². The van der Waals surface area contributed by atoms with Gasteiger partial charge in [-0.25, -0.2) is 0 Å². The average molecular weight is 403 g/mol. The minimum atomic E-state index is -0.806. The second-order valence-electron chi connectivity index (χ2n) is 9.03. The van der Waals surface area contributed by atoms with Gasteiger partial charge in [-0.15, -0.1) is 0 Å². The predicted octanol–water partition coefficient (Wildman–Crippen LogP) is 8.40. The fourth-order valence-corrected chi connectivity index (χ4v) is 3.69. The lowest BCUT2D eigenvalue weighted by atomic mass is 9.89. The van der Waals surface area contributed by atoms with Crippen molar-refractivity contribution in [3.05, 3.63) is 82.9 Å². The first-order chi connectivity index (χ1) is 14.1. The van der Waals surface area contributed by atoms with Gasteiger partial charge in [-0.2, -0.15) is 0 Å². The van der Waals surface area contributed by atoms with Gasteiger partial charge in [0.25, 0.3) is 0 Å². The molecule has 1 nitrogen and oxygen atoms in total. The van der Waals surface area contributed by atoms with E-state index >= 15 is 0 Å². The quantitative estimate of drug-likeness (QED) is 0.464. The third-order valence-electron chi connectivity index (χ3n) is 5.57. The Hall–Kier alpha value is -2.38. The van der Waals surface area contributed by atoms with Crippen molar-refractivity contribution in [2.75, 3.05) is 0 Å². The molecule has 0 spiro atoms. The van der Waals surface area contributed by atoms with Crippen molar-refractivity contribution >= 4 is 0 Å². The van der Waals surface area contributed by atoms with E-state index in [2.05, 4.69) is 90.1 Å². The zero-order valence-corrected chi connectivity index (χ0v) is 20.0. The first-order valence-corrected chi connectivity index (χ1v) is 11.1. The second-order valence-corrected chi connectivity index (χ2v) is 9.03. The summed E-state index contributed by atoms with van der Waals surface area (Å²) in [5, 5.41) is 10.1. The van der Waals surface area contributed by atoms with E-state index in [4.69, 9.17) is 0 Å². The SMILES string of the molecule is CCC.Cc1c(-c2ccc(-c3ccc(C(C)(C)O)cc3)cc2)ccc(C(C)C)c1C. The van der Waals surface area contributed by atoms with Gasteiger partial charge in [-0.1, -0.05) is 94.8 Å². The number of benzene rings is 3. The molecule has 3 rings (SSSR count). The van der Waals surface area contributed by atoms with Crippen LogP contribution in [-0.2, 0) is 5.60 Å². The van der Waals surface area contributed by atoms with Crippen LogP contribution in [0.5, 0.6) is 0 Å². The molecule has 0 heterocycles. The lowest BCUT2D eigenvalue weighted by molar-refractivity contribution is 0.0786. The summed E-state index contributed by atoms with van der Waals surface area (Å²) < 4.78 is 0. The van der Waals surface area contributed by atoms with Gasteiger partial charge in [0.2, 0.25) is 0 Å². The molecule has 1 heteroatoms. The lowest BCUT2D eigenvalue weighted by Gasteiger charge is -2.18. The van der Waals surface area contributed by atoms with Crippen molar-refractivity contribution in [2.24, 2.45) is 0 Å². The predicted molar refractivity (Wildman–Crippen MR) is 132 cm³/mol. The van der Waals surface area contributed by atoms with Gasteiger partial charge in [0.15, 0.2) is 0 Å². The Morgan fingerprint density at radius 3 is 1.57 bits per heavy atom. The highest BCUT2D eigenvalue weighted by Crippen LogP contribution is 2.32. The Labute approximate surface area is 183 Å². The summed E-state index contributed by atoms with van der Waals surface area (Å²) in [5.74, 6) is 0.548. The molecule has 0 bridgehead atoms. The van der Waals surface area contributed by atoms with E-state index in [9.17, 15) is 5.11 Å². The molecular formula is C29H38O. The summed E-state index contributed by atoms with van der Waals surface area (Å²) in [4.78, 5) is 0. The van der Waals surface area contributed by atoms with Gasteiger partial charge < -0.3 is 5.11 Å². The second kappa shape index (κ2) is 10.1. The fourth-order valence-electron chi connectivity index (χ4n) is 3.69. The van der Waals surface area contributed by atoms with Gasteiger partial charge in [0.05, 0.1) is 5.60 Å². The van der Waals surface area contributed by atoms with Gasteiger partial charge in [0, 0.05) is 0 Å². The Bertz CT molecular complexity index is 939. The van der Waals surface area contributed by atoms with Crippen LogP contribution >= 0.6 is 0 Å². The maximum atomic E-state index is 10.1. The minimum absolute atomic E-state index is 0.548. The van der Waals surface area contributed by atoms with Crippen molar-refractivity contribution in [1.29, 1.82) is 0 Å². The molecule has 30 heavy (non-hydrogen) atoms. The summed E-state index contributed by atoms with van der Waals surface area (Å²) >= 11 is 0. The molecule has 0 saturated heterocycles. The molecule has 0 amide bonds. The molecule has 3 aromatic carbocycles. The molecule has 0 unspecified atom stereocenters. The largest absolute Gasteiger partial charge is 0.386 e. The zero-order chi connectivity index (χ0) is 22.5. The van der Waals surface area contributed by atoms with Crippen LogP contribution in [0, 0.1) is 13.8 Å². The minimum Gasteiger partial charge on any atom is -0.386 e. The summed E-state index contributed by atoms with van der Waals surface area (Å²) in [7, 11) is 0. The van der Waals surface area contributed by atoms with E-state index < -0.39 is 5.60 Å². The number of aliphatic hydroxyl groups is 1. The number of hydrogen-bond donors (Lipinski definition) is 1. The van der Waals surface area contributed by atoms with E-state index in [1.54, 1.807) is 0 Å². The molecule has 0 atom stereocenters. The Kier molecular flexibility index (Phi) is 8.03. The highest BCUT2D eigenvalue weighted by Gasteiger charge is 2.15. The van der Waals surface area contributed by atoms with Crippen LogP contribution in [0.2, 0.25) is 0 Å². The first kappa shape index (κ1) is 23.9. The van der Waals surface area contributed by atoms with Crippen LogP contribution in [0.25, 0.3) is 22.3 Å². The van der Waals surface area contributed by atoms with E-state index in [0.29, 0.717) is 5.92 Å². The van der Waals surface area contributed by atoms with Crippen molar-refractivity contribution in [2.45, 2.75) is 73.3 Å². The van der Waals surface area contributed by atoms with Crippen molar-refractivity contribution in [1.82, 2.24) is 0 Å². The van der Waals surface area contributed by atoms with Crippen LogP contribution in [0.1, 0.15) is 76.1 Å². The molecule has 0 aliphatic rings. The smallest absolute Gasteiger partial charge is 0.0840 e. The van der Waals surface area contributed by atoms with E-state index in [0.717, 1.165) is 11.1 Å². The standard InChI is InChI=1S/C26H30O.C3H8/c1-17(2)24-15-16-25(19(4)18(24)3)22-9-7-20(8-10-22)21-11-13-23(14-12-21)26(5,6)27;1-3-2/h7-17,27H,1-6H3;3H2,1-2H3. The monoisotopic (exact) mass is 402 g/mol. The van der Waals surface area contributed by atoms with Crippen LogP contribution in [0.15, 0.2) is 60.7 Å². The van der Waals surface area contributed by atoms with Gasteiger partial charge >= 0.3 is 0 Å². The molecule has 3 aromatic rings. The van der Waals surface area contributed by atoms with E-state index in [1.165, 1.54) is 39.8 Å². The van der Waals surface area contributed by atoms with E-state index in [-0.39, 0.29) is 0 Å². The molecule has 0 radical (unpaired) electrons. The molecule has 160 valence electrons. The third-order valence-corrected chi connectivity index (χ3v) is 5.57.